The van der Waals surface area contributed by atoms with E-state index < -0.39 is 10.0 Å². The minimum atomic E-state index is -3.53. The number of aryl methyl sites for hydroxylation is 1. The summed E-state index contributed by atoms with van der Waals surface area (Å²) in [4.78, 5) is 2.62. The molecule has 1 aromatic carbocycles. The number of hydrogen-bond donors (Lipinski definition) is 1. The fourth-order valence-electron chi connectivity index (χ4n) is 2.43. The van der Waals surface area contributed by atoms with Crippen LogP contribution in [0.3, 0.4) is 0 Å². The maximum absolute atomic E-state index is 12.1. The average Bonchev–Trinajstić information content (AvgIpc) is 2.46. The number of hydrazone groups is 1. The van der Waals surface area contributed by atoms with Crippen molar-refractivity contribution in [3.05, 3.63) is 29.8 Å². The van der Waals surface area contributed by atoms with E-state index in [4.69, 9.17) is 0 Å². The fourth-order valence-corrected chi connectivity index (χ4v) is 3.27. The molecular weight excluding hydrogens is 272 g/mol. The van der Waals surface area contributed by atoms with Gasteiger partial charge in [-0.1, -0.05) is 31.0 Å². The van der Waals surface area contributed by atoms with Crippen molar-refractivity contribution in [2.24, 2.45) is 11.0 Å². The highest BCUT2D eigenvalue weighted by molar-refractivity contribution is 7.89. The zero-order valence-electron chi connectivity index (χ0n) is 12.1. The van der Waals surface area contributed by atoms with Crippen molar-refractivity contribution in [2.75, 3.05) is 0 Å². The van der Waals surface area contributed by atoms with Gasteiger partial charge in [0.2, 0.25) is 0 Å². The predicted molar refractivity (Wildman–Crippen MR) is 81.2 cm³/mol. The molecule has 0 bridgehead atoms. The number of sulfonamides is 1. The summed E-state index contributed by atoms with van der Waals surface area (Å²) in [6, 6.07) is 6.78. The smallest absolute Gasteiger partial charge is 0.200 e. The number of nitrogens with one attached hydrogen (secondary N) is 1. The topological polar surface area (TPSA) is 58.5 Å². The number of hydrogen-bond acceptors (Lipinski definition) is 3. The lowest BCUT2D eigenvalue weighted by atomic mass is 9.86. The Balaban J connectivity index is 2.01. The van der Waals surface area contributed by atoms with Crippen LogP contribution in [0.1, 0.15) is 44.6 Å². The minimum Gasteiger partial charge on any atom is -0.200 e. The van der Waals surface area contributed by atoms with Gasteiger partial charge < -0.3 is 0 Å². The van der Waals surface area contributed by atoms with Crippen molar-refractivity contribution >= 4 is 15.7 Å². The quantitative estimate of drug-likeness (QED) is 0.867. The molecule has 1 aromatic rings. The zero-order valence-corrected chi connectivity index (χ0v) is 12.9. The van der Waals surface area contributed by atoms with E-state index in [0.29, 0.717) is 0 Å². The summed E-state index contributed by atoms with van der Waals surface area (Å²) in [6.45, 7) is 4.13. The Hall–Kier alpha value is -1.36. The second kappa shape index (κ2) is 6.39. The van der Waals surface area contributed by atoms with Crippen LogP contribution in [0.2, 0.25) is 0 Å². The van der Waals surface area contributed by atoms with E-state index in [9.17, 15) is 8.42 Å². The van der Waals surface area contributed by atoms with Gasteiger partial charge in [0, 0.05) is 5.71 Å². The summed E-state index contributed by atoms with van der Waals surface area (Å²) in [5.41, 5.74) is 2.00. The predicted octanol–water partition coefficient (Wildman–Crippen LogP) is 3.23. The molecule has 20 heavy (non-hydrogen) atoms. The fraction of sp³-hybridized carbons (Fsp3) is 0.533. The van der Waals surface area contributed by atoms with Gasteiger partial charge in [-0.2, -0.15) is 13.5 Å². The third kappa shape index (κ3) is 3.82. The molecule has 1 aliphatic carbocycles. The molecule has 110 valence electrons. The van der Waals surface area contributed by atoms with Crippen molar-refractivity contribution in [3.8, 4) is 0 Å². The van der Waals surface area contributed by atoms with Gasteiger partial charge in [0.25, 0.3) is 10.0 Å². The first-order valence-electron chi connectivity index (χ1n) is 7.15. The SMILES string of the molecule is CCC1CCC(=NNS(=O)(=O)c2ccc(C)cc2)CC1. The molecule has 0 atom stereocenters. The molecule has 0 heterocycles. The Morgan fingerprint density at radius 1 is 1.20 bits per heavy atom. The van der Waals surface area contributed by atoms with E-state index in [1.165, 1.54) is 6.42 Å². The third-order valence-corrected chi connectivity index (χ3v) is 5.14. The molecule has 0 spiro atoms. The lowest BCUT2D eigenvalue weighted by Crippen LogP contribution is -2.22. The van der Waals surface area contributed by atoms with Gasteiger partial charge in [0.1, 0.15) is 0 Å². The second-order valence-corrected chi connectivity index (χ2v) is 7.10. The summed E-state index contributed by atoms with van der Waals surface area (Å²) in [7, 11) is -3.53. The Kier molecular flexibility index (Phi) is 4.81. The van der Waals surface area contributed by atoms with Crippen molar-refractivity contribution < 1.29 is 8.42 Å². The lowest BCUT2D eigenvalue weighted by Gasteiger charge is -2.21. The Bertz CT molecular complexity index is 566. The first-order valence-corrected chi connectivity index (χ1v) is 8.63. The summed E-state index contributed by atoms with van der Waals surface area (Å²) >= 11 is 0. The van der Waals surface area contributed by atoms with E-state index in [1.54, 1.807) is 24.3 Å². The van der Waals surface area contributed by atoms with Crippen molar-refractivity contribution in [1.82, 2.24) is 4.83 Å². The molecular formula is C15H22N2O2S. The zero-order chi connectivity index (χ0) is 14.6. The summed E-state index contributed by atoms with van der Waals surface area (Å²) in [6.07, 6.45) is 5.22. The highest BCUT2D eigenvalue weighted by atomic mass is 32.2. The van der Waals surface area contributed by atoms with Crippen LogP contribution < -0.4 is 4.83 Å². The highest BCUT2D eigenvalue weighted by Gasteiger charge is 2.17. The molecule has 1 N–H and O–H groups in total. The first-order chi connectivity index (χ1) is 9.51. The van der Waals surface area contributed by atoms with E-state index in [2.05, 4.69) is 16.9 Å². The normalized spacial score (nSPS) is 19.7. The summed E-state index contributed by atoms with van der Waals surface area (Å²) in [5, 5.41) is 4.10. The molecule has 1 saturated carbocycles. The van der Waals surface area contributed by atoms with Crippen molar-refractivity contribution in [3.63, 3.8) is 0 Å². The molecule has 5 heteroatoms. The van der Waals surface area contributed by atoms with E-state index in [1.807, 2.05) is 6.92 Å². The Labute approximate surface area is 121 Å². The van der Waals surface area contributed by atoms with Gasteiger partial charge in [-0.3, -0.25) is 0 Å². The van der Waals surface area contributed by atoms with Gasteiger partial charge in [0.15, 0.2) is 0 Å². The van der Waals surface area contributed by atoms with Gasteiger partial charge in [-0.15, -0.1) is 0 Å². The molecule has 0 amide bonds. The molecule has 0 unspecified atom stereocenters. The third-order valence-electron chi connectivity index (χ3n) is 3.91. The lowest BCUT2D eigenvalue weighted by molar-refractivity contribution is 0.428. The van der Waals surface area contributed by atoms with Gasteiger partial charge in [0.05, 0.1) is 4.90 Å². The first kappa shape index (κ1) is 15.0. The molecule has 0 aromatic heterocycles. The molecule has 0 radical (unpaired) electrons. The van der Waals surface area contributed by atoms with Crippen molar-refractivity contribution in [1.29, 1.82) is 0 Å². The van der Waals surface area contributed by atoms with Crippen molar-refractivity contribution in [2.45, 2.75) is 50.8 Å². The van der Waals surface area contributed by atoms with Crippen LogP contribution in [0.25, 0.3) is 0 Å². The van der Waals surface area contributed by atoms with Crippen LogP contribution >= 0.6 is 0 Å². The molecule has 1 fully saturated rings. The maximum Gasteiger partial charge on any atom is 0.276 e. The van der Waals surface area contributed by atoms with Crippen LogP contribution in [0, 0.1) is 12.8 Å². The van der Waals surface area contributed by atoms with Gasteiger partial charge in [-0.05, 0) is 50.7 Å². The van der Waals surface area contributed by atoms with Crippen LogP contribution in [0.15, 0.2) is 34.3 Å². The number of nitrogens with zero attached hydrogens (tertiary/aromatic N) is 1. The van der Waals surface area contributed by atoms with Crippen LogP contribution in [-0.4, -0.2) is 14.1 Å². The molecule has 0 aliphatic heterocycles. The summed E-state index contributed by atoms with van der Waals surface area (Å²) < 4.78 is 24.2. The molecule has 4 nitrogen and oxygen atoms in total. The van der Waals surface area contributed by atoms with Crippen LogP contribution in [0.5, 0.6) is 0 Å². The van der Waals surface area contributed by atoms with Crippen LogP contribution in [0.4, 0.5) is 0 Å². The molecule has 0 saturated heterocycles. The molecule has 1 aliphatic rings. The van der Waals surface area contributed by atoms with E-state index in [-0.39, 0.29) is 4.90 Å². The standard InChI is InChI=1S/C15H22N2O2S/c1-3-13-6-8-14(9-7-13)16-17-20(18,19)15-10-4-12(2)5-11-15/h4-5,10-11,13,17H,3,6-9H2,1-2H3. The van der Waals surface area contributed by atoms with E-state index >= 15 is 0 Å². The monoisotopic (exact) mass is 294 g/mol. The Morgan fingerprint density at radius 3 is 2.35 bits per heavy atom. The number of rotatable bonds is 4. The Morgan fingerprint density at radius 2 is 1.80 bits per heavy atom. The minimum absolute atomic E-state index is 0.259. The number of benzene rings is 1. The average molecular weight is 294 g/mol. The van der Waals surface area contributed by atoms with Gasteiger partial charge >= 0.3 is 0 Å². The highest BCUT2D eigenvalue weighted by Crippen LogP contribution is 2.24. The maximum atomic E-state index is 12.1. The van der Waals surface area contributed by atoms with Crippen LogP contribution in [-0.2, 0) is 10.0 Å². The molecule has 2 rings (SSSR count). The summed E-state index contributed by atoms with van der Waals surface area (Å²) in [5.74, 6) is 0.766. The van der Waals surface area contributed by atoms with E-state index in [0.717, 1.165) is 42.9 Å². The largest absolute Gasteiger partial charge is 0.276 e. The van der Waals surface area contributed by atoms with Gasteiger partial charge in [-0.25, -0.2) is 4.83 Å². The second-order valence-electron chi connectivity index (χ2n) is 5.44.